The third-order valence-electron chi connectivity index (χ3n) is 11.9. The zero-order valence-electron chi connectivity index (χ0n) is 28.6. The van der Waals surface area contributed by atoms with Crippen LogP contribution in [-0.2, 0) is 7.05 Å². The van der Waals surface area contributed by atoms with E-state index in [1.807, 2.05) is 20.0 Å². The number of amides is 1. The fraction of sp³-hybridized carbons (Fsp3) is 0.568. The Morgan fingerprint density at radius 3 is 2.38 bits per heavy atom. The van der Waals surface area contributed by atoms with Crippen LogP contribution in [0.1, 0.15) is 73.5 Å². The van der Waals surface area contributed by atoms with Crippen LogP contribution in [-0.4, -0.2) is 104 Å². The molecule has 8 rings (SSSR count). The number of aromatic nitrogens is 5. The summed E-state index contributed by atoms with van der Waals surface area (Å²) in [5.74, 6) is 0.339. The predicted octanol–water partition coefficient (Wildman–Crippen LogP) is 4.86. The Morgan fingerprint density at radius 1 is 0.938 bits per heavy atom. The van der Waals surface area contributed by atoms with Gasteiger partial charge in [-0.05, 0) is 114 Å². The van der Waals surface area contributed by atoms with Crippen molar-refractivity contribution in [2.75, 3.05) is 56.5 Å². The van der Waals surface area contributed by atoms with Crippen LogP contribution in [0.3, 0.4) is 0 Å². The lowest BCUT2D eigenvalue weighted by atomic mass is 9.72. The number of carbonyl (C=O) groups excluding carboxylic acids is 1. The Bertz CT molecular complexity index is 1780. The van der Waals surface area contributed by atoms with Crippen LogP contribution < -0.4 is 10.2 Å². The molecular formula is C37H49N9O2. The van der Waals surface area contributed by atoms with Crippen molar-refractivity contribution in [3.8, 4) is 11.3 Å². The Morgan fingerprint density at radius 2 is 1.69 bits per heavy atom. The molecule has 3 saturated heterocycles. The SMILES string of the molecule is Cc1c(-c2cc(C(=O)Nc3nc4ccc(N5CCC(N6CCC7(CC6)CN(C)C7)CC5)cc4n3C3CCC(O)CC3)ccn2)cnn1C. The van der Waals surface area contributed by atoms with E-state index in [2.05, 4.69) is 59.9 Å². The lowest BCUT2D eigenvalue weighted by molar-refractivity contribution is -0.0419. The van der Waals surface area contributed by atoms with Crippen LogP contribution in [0.2, 0.25) is 0 Å². The summed E-state index contributed by atoms with van der Waals surface area (Å²) in [5.41, 5.74) is 6.86. The van der Waals surface area contributed by atoms with E-state index in [1.54, 1.807) is 23.1 Å². The van der Waals surface area contributed by atoms with E-state index in [0.29, 0.717) is 28.7 Å². The van der Waals surface area contributed by atoms with Crippen molar-refractivity contribution in [3.05, 3.63) is 54.0 Å². The minimum atomic E-state index is -0.266. The maximum absolute atomic E-state index is 13.7. The molecule has 0 radical (unpaired) electrons. The van der Waals surface area contributed by atoms with Gasteiger partial charge < -0.3 is 24.4 Å². The molecule has 0 atom stereocenters. The first-order chi connectivity index (χ1) is 23.2. The van der Waals surface area contributed by atoms with Crippen molar-refractivity contribution in [3.63, 3.8) is 0 Å². The summed E-state index contributed by atoms with van der Waals surface area (Å²) in [6.07, 6.45) is 11.5. The number of benzene rings is 1. The molecule has 0 unspecified atom stereocenters. The Kier molecular flexibility index (Phi) is 8.25. The molecule has 1 amide bonds. The molecular weight excluding hydrogens is 602 g/mol. The number of fused-ring (bicyclic) bond motifs is 1. The number of imidazole rings is 1. The highest BCUT2D eigenvalue weighted by Gasteiger charge is 2.44. The first-order valence-corrected chi connectivity index (χ1v) is 17.9. The van der Waals surface area contributed by atoms with Gasteiger partial charge in [0, 0.05) is 74.0 Å². The Balaban J connectivity index is 1.01. The van der Waals surface area contributed by atoms with Crippen LogP contribution in [0.15, 0.2) is 42.7 Å². The molecule has 3 aromatic heterocycles. The molecule has 11 nitrogen and oxygen atoms in total. The molecule has 1 aromatic carbocycles. The van der Waals surface area contributed by atoms with Crippen LogP contribution in [0.5, 0.6) is 0 Å². The number of piperidine rings is 2. The fourth-order valence-corrected chi connectivity index (χ4v) is 8.96. The highest BCUT2D eigenvalue weighted by molar-refractivity contribution is 6.04. The van der Waals surface area contributed by atoms with Crippen LogP contribution in [0.4, 0.5) is 11.6 Å². The molecule has 11 heteroatoms. The number of hydrogen-bond acceptors (Lipinski definition) is 8. The molecule has 2 N–H and O–H groups in total. The van der Waals surface area contributed by atoms with Gasteiger partial charge in [-0.1, -0.05) is 0 Å². The third-order valence-corrected chi connectivity index (χ3v) is 11.9. The highest BCUT2D eigenvalue weighted by atomic mass is 16.3. The monoisotopic (exact) mass is 651 g/mol. The van der Waals surface area contributed by atoms with E-state index in [4.69, 9.17) is 4.98 Å². The molecule has 254 valence electrons. The number of pyridine rings is 1. The predicted molar refractivity (Wildman–Crippen MR) is 188 cm³/mol. The molecule has 48 heavy (non-hydrogen) atoms. The first-order valence-electron chi connectivity index (χ1n) is 17.9. The molecule has 3 aliphatic heterocycles. The second-order valence-corrected chi connectivity index (χ2v) is 15.0. The number of carbonyl (C=O) groups is 1. The van der Waals surface area contributed by atoms with Gasteiger partial charge in [-0.3, -0.25) is 19.8 Å². The normalized spacial score (nSPS) is 23.9. The summed E-state index contributed by atoms with van der Waals surface area (Å²) < 4.78 is 4.03. The van der Waals surface area contributed by atoms with Gasteiger partial charge in [-0.15, -0.1) is 0 Å². The van der Waals surface area contributed by atoms with Gasteiger partial charge in [0.25, 0.3) is 5.91 Å². The standard InChI is InChI=1S/C37H49N9O2/c1-25-31(22-39-43(25)3)33-20-26(10-15-38-33)35(48)41-36-40-32-9-6-29(21-34(32)46(36)28-4-7-30(47)8-5-28)44-16-11-27(12-17-44)45-18-13-37(14-19-45)23-42(2)24-37/h6,9-10,15,20-22,27-28,30,47H,4-5,7-8,11-14,16-19,23-24H2,1-3H3,(H,40,41,48). The smallest absolute Gasteiger partial charge is 0.258 e. The second kappa shape index (κ2) is 12.6. The number of aliphatic hydroxyl groups excluding tert-OH is 1. The molecule has 4 aliphatic rings. The minimum absolute atomic E-state index is 0.151. The first kappa shape index (κ1) is 31.5. The van der Waals surface area contributed by atoms with E-state index < -0.39 is 0 Å². The number of aryl methyl sites for hydroxylation is 1. The lowest BCUT2D eigenvalue weighted by Crippen LogP contribution is -2.60. The van der Waals surface area contributed by atoms with Gasteiger partial charge >= 0.3 is 0 Å². The molecule has 6 heterocycles. The van der Waals surface area contributed by atoms with Crippen molar-refractivity contribution < 1.29 is 9.90 Å². The van der Waals surface area contributed by atoms with Crippen LogP contribution >= 0.6 is 0 Å². The van der Waals surface area contributed by atoms with Crippen molar-refractivity contribution in [1.82, 2.24) is 34.1 Å². The molecule has 0 bridgehead atoms. The molecule has 4 fully saturated rings. The number of anilines is 2. The number of rotatable bonds is 6. The summed E-state index contributed by atoms with van der Waals surface area (Å²) in [7, 11) is 4.15. The van der Waals surface area contributed by atoms with Gasteiger partial charge in [0.05, 0.1) is 29.0 Å². The van der Waals surface area contributed by atoms with Gasteiger partial charge in [-0.2, -0.15) is 5.10 Å². The number of nitrogens with one attached hydrogen (secondary N) is 1. The second-order valence-electron chi connectivity index (χ2n) is 15.0. The Labute approximate surface area is 282 Å². The zero-order chi connectivity index (χ0) is 33.0. The third kappa shape index (κ3) is 5.90. The van der Waals surface area contributed by atoms with Crippen molar-refractivity contribution in [2.45, 2.75) is 76.5 Å². The summed E-state index contributed by atoms with van der Waals surface area (Å²) in [4.78, 5) is 31.0. The van der Waals surface area contributed by atoms with Crippen molar-refractivity contribution in [2.24, 2.45) is 12.5 Å². The maximum atomic E-state index is 13.7. The largest absolute Gasteiger partial charge is 0.393 e. The average Bonchev–Trinajstić information content (AvgIpc) is 3.62. The molecule has 4 aromatic rings. The summed E-state index contributed by atoms with van der Waals surface area (Å²) in [6, 6.07) is 11.0. The topological polar surface area (TPSA) is 108 Å². The summed E-state index contributed by atoms with van der Waals surface area (Å²) in [6.45, 7) is 9.15. The number of aliphatic hydroxyl groups is 1. The Hall–Kier alpha value is -3.80. The quantitative estimate of drug-likeness (QED) is 0.305. The van der Waals surface area contributed by atoms with E-state index in [-0.39, 0.29) is 18.1 Å². The average molecular weight is 652 g/mol. The van der Waals surface area contributed by atoms with Crippen LogP contribution in [0.25, 0.3) is 22.3 Å². The van der Waals surface area contributed by atoms with E-state index in [1.165, 1.54) is 57.5 Å². The number of nitrogens with zero attached hydrogens (tertiary/aromatic N) is 8. The molecule has 1 aliphatic carbocycles. The van der Waals surface area contributed by atoms with E-state index in [9.17, 15) is 9.90 Å². The lowest BCUT2D eigenvalue weighted by Gasteiger charge is -2.54. The maximum Gasteiger partial charge on any atom is 0.258 e. The summed E-state index contributed by atoms with van der Waals surface area (Å²) in [5, 5.41) is 17.8. The molecule has 1 saturated carbocycles. The fourth-order valence-electron chi connectivity index (χ4n) is 8.96. The van der Waals surface area contributed by atoms with Gasteiger partial charge in [0.2, 0.25) is 5.95 Å². The van der Waals surface area contributed by atoms with Crippen molar-refractivity contribution >= 4 is 28.6 Å². The molecule has 1 spiro atoms. The number of likely N-dealkylation sites (tertiary alicyclic amines) is 2. The van der Waals surface area contributed by atoms with E-state index in [0.717, 1.165) is 61.1 Å². The highest BCUT2D eigenvalue weighted by Crippen LogP contribution is 2.41. The summed E-state index contributed by atoms with van der Waals surface area (Å²) >= 11 is 0. The van der Waals surface area contributed by atoms with E-state index >= 15 is 0 Å². The van der Waals surface area contributed by atoms with Gasteiger partial charge in [0.1, 0.15) is 0 Å². The minimum Gasteiger partial charge on any atom is -0.393 e. The van der Waals surface area contributed by atoms with Gasteiger partial charge in [-0.25, -0.2) is 4.98 Å². The zero-order valence-corrected chi connectivity index (χ0v) is 28.6. The van der Waals surface area contributed by atoms with Crippen molar-refractivity contribution in [1.29, 1.82) is 0 Å². The van der Waals surface area contributed by atoms with Gasteiger partial charge in [0.15, 0.2) is 0 Å². The van der Waals surface area contributed by atoms with Crippen LogP contribution in [0, 0.1) is 12.3 Å². The number of hydrogen-bond donors (Lipinski definition) is 2.